The molecule has 0 unspecified atom stereocenters. The van der Waals surface area contributed by atoms with E-state index in [1.165, 1.54) is 0 Å². The van der Waals surface area contributed by atoms with E-state index in [-0.39, 0.29) is 22.3 Å². The molecule has 0 aliphatic heterocycles. The highest BCUT2D eigenvalue weighted by Crippen LogP contribution is 2.22. The number of thiocarbonyl (C=S) groups is 1. The molecule has 0 heterocycles. The molecule has 0 spiro atoms. The second kappa shape index (κ2) is 10.1. The van der Waals surface area contributed by atoms with Crippen LogP contribution in [0.15, 0.2) is 48.5 Å². The van der Waals surface area contributed by atoms with Gasteiger partial charge >= 0.3 is 0 Å². The van der Waals surface area contributed by atoms with Gasteiger partial charge in [0.2, 0.25) is 0 Å². The summed E-state index contributed by atoms with van der Waals surface area (Å²) in [5, 5.41) is 8.51. The smallest absolute Gasteiger partial charge is 0.257 e. The summed E-state index contributed by atoms with van der Waals surface area (Å²) in [6.45, 7) is 7.22. The Kier molecular flexibility index (Phi) is 7.87. The van der Waals surface area contributed by atoms with E-state index in [0.29, 0.717) is 30.0 Å². The molecule has 7 heteroatoms. The Labute approximate surface area is 177 Å². The Morgan fingerprint density at radius 2 is 1.69 bits per heavy atom. The van der Waals surface area contributed by atoms with Crippen molar-refractivity contribution in [3.8, 4) is 0 Å². The number of anilines is 1. The molecule has 0 saturated heterocycles. The molecule has 29 heavy (non-hydrogen) atoms. The van der Waals surface area contributed by atoms with Crippen LogP contribution in [0.25, 0.3) is 0 Å². The summed E-state index contributed by atoms with van der Waals surface area (Å²) in [6, 6.07) is 14.3. The van der Waals surface area contributed by atoms with E-state index in [1.807, 2.05) is 12.1 Å². The summed E-state index contributed by atoms with van der Waals surface area (Å²) >= 11 is 5.23. The van der Waals surface area contributed by atoms with Gasteiger partial charge in [-0.05, 0) is 53.5 Å². The second-order valence-electron chi connectivity index (χ2n) is 7.57. The van der Waals surface area contributed by atoms with Gasteiger partial charge in [0.1, 0.15) is 0 Å². The van der Waals surface area contributed by atoms with E-state index in [2.05, 4.69) is 36.7 Å². The first-order valence-electron chi connectivity index (χ1n) is 9.31. The molecule has 0 aliphatic carbocycles. The van der Waals surface area contributed by atoms with Gasteiger partial charge in [-0.1, -0.05) is 39.0 Å². The number of ether oxygens (including phenoxy) is 1. The number of benzene rings is 2. The zero-order valence-corrected chi connectivity index (χ0v) is 18.0. The Balaban J connectivity index is 1.95. The number of methoxy groups -OCH3 is 1. The molecule has 0 bridgehead atoms. The predicted molar refractivity (Wildman–Crippen MR) is 119 cm³/mol. The molecule has 2 aromatic rings. The van der Waals surface area contributed by atoms with Gasteiger partial charge in [0.05, 0.1) is 6.61 Å². The van der Waals surface area contributed by atoms with Crippen molar-refractivity contribution in [3.63, 3.8) is 0 Å². The van der Waals surface area contributed by atoms with Gasteiger partial charge in [0.15, 0.2) is 5.11 Å². The van der Waals surface area contributed by atoms with Crippen molar-refractivity contribution in [1.82, 2.24) is 10.6 Å². The number of hydrogen-bond acceptors (Lipinski definition) is 4. The molecule has 0 atom stereocenters. The third kappa shape index (κ3) is 6.96. The lowest BCUT2D eigenvalue weighted by atomic mass is 9.87. The monoisotopic (exact) mass is 413 g/mol. The fraction of sp³-hybridized carbons (Fsp3) is 0.318. The summed E-state index contributed by atoms with van der Waals surface area (Å²) < 4.78 is 4.92. The maximum absolute atomic E-state index is 12.4. The van der Waals surface area contributed by atoms with Crippen LogP contribution in [0.1, 0.15) is 47.1 Å². The number of carbonyl (C=O) groups excluding carboxylic acids is 2. The third-order valence-electron chi connectivity index (χ3n) is 4.21. The summed E-state index contributed by atoms with van der Waals surface area (Å²) in [5.74, 6) is -0.504. The van der Waals surface area contributed by atoms with Gasteiger partial charge in [-0.15, -0.1) is 0 Å². The van der Waals surface area contributed by atoms with Crippen LogP contribution in [0, 0.1) is 0 Å². The van der Waals surface area contributed by atoms with Crippen molar-refractivity contribution in [2.24, 2.45) is 0 Å². The Morgan fingerprint density at radius 3 is 2.31 bits per heavy atom. The Hall–Kier alpha value is -2.77. The second-order valence-corrected chi connectivity index (χ2v) is 7.97. The fourth-order valence-electron chi connectivity index (χ4n) is 2.57. The molecule has 154 valence electrons. The van der Waals surface area contributed by atoms with Gasteiger partial charge in [-0.2, -0.15) is 0 Å². The SMILES string of the molecule is COCCNC(=O)c1cccc(NC(=S)NC(=O)c2ccc(C(C)(C)C)cc2)c1. The number of hydrogen-bond donors (Lipinski definition) is 3. The largest absolute Gasteiger partial charge is 0.383 e. The quantitative estimate of drug-likeness (QED) is 0.499. The molecule has 0 aromatic heterocycles. The summed E-state index contributed by atoms with van der Waals surface area (Å²) in [5.41, 5.74) is 2.78. The lowest BCUT2D eigenvalue weighted by molar-refractivity contribution is 0.0935. The number of amides is 2. The minimum atomic E-state index is -0.295. The maximum atomic E-state index is 12.4. The highest BCUT2D eigenvalue weighted by molar-refractivity contribution is 7.80. The summed E-state index contributed by atoms with van der Waals surface area (Å²) in [6.07, 6.45) is 0. The molecule has 3 N–H and O–H groups in total. The van der Waals surface area contributed by atoms with E-state index in [9.17, 15) is 9.59 Å². The highest BCUT2D eigenvalue weighted by atomic mass is 32.1. The minimum Gasteiger partial charge on any atom is -0.383 e. The van der Waals surface area contributed by atoms with Crippen molar-refractivity contribution in [3.05, 3.63) is 65.2 Å². The van der Waals surface area contributed by atoms with Gasteiger partial charge in [0.25, 0.3) is 11.8 Å². The van der Waals surface area contributed by atoms with Gasteiger partial charge in [-0.25, -0.2) is 0 Å². The first kappa shape index (κ1) is 22.5. The molecule has 0 radical (unpaired) electrons. The maximum Gasteiger partial charge on any atom is 0.257 e. The molecule has 0 fully saturated rings. The normalized spacial score (nSPS) is 10.9. The van der Waals surface area contributed by atoms with Gasteiger partial charge in [0, 0.05) is 30.5 Å². The van der Waals surface area contributed by atoms with E-state index in [4.69, 9.17) is 17.0 Å². The standard InChI is InChI=1S/C22H27N3O3S/c1-22(2,3)17-10-8-15(9-11-17)20(27)25-21(29)24-18-7-5-6-16(14-18)19(26)23-12-13-28-4/h5-11,14H,12-13H2,1-4H3,(H,23,26)(H2,24,25,27,29). The summed E-state index contributed by atoms with van der Waals surface area (Å²) in [4.78, 5) is 24.5. The van der Waals surface area contributed by atoms with Crippen molar-refractivity contribution >= 4 is 34.8 Å². The van der Waals surface area contributed by atoms with Crippen molar-refractivity contribution in [2.45, 2.75) is 26.2 Å². The van der Waals surface area contributed by atoms with Crippen molar-refractivity contribution in [2.75, 3.05) is 25.6 Å². The average Bonchev–Trinajstić information content (AvgIpc) is 2.67. The molecule has 2 amide bonds. The van der Waals surface area contributed by atoms with Crippen LogP contribution < -0.4 is 16.0 Å². The lowest BCUT2D eigenvalue weighted by Crippen LogP contribution is -2.34. The number of nitrogens with one attached hydrogen (secondary N) is 3. The third-order valence-corrected chi connectivity index (χ3v) is 4.42. The molecule has 2 aromatic carbocycles. The van der Waals surface area contributed by atoms with E-state index >= 15 is 0 Å². The van der Waals surface area contributed by atoms with Crippen LogP contribution in [0.4, 0.5) is 5.69 Å². The van der Waals surface area contributed by atoms with Crippen LogP contribution in [0.5, 0.6) is 0 Å². The lowest BCUT2D eigenvalue weighted by Gasteiger charge is -2.19. The molecular weight excluding hydrogens is 386 g/mol. The van der Waals surface area contributed by atoms with Crippen molar-refractivity contribution < 1.29 is 14.3 Å². The van der Waals surface area contributed by atoms with Gasteiger partial charge in [-0.3, -0.25) is 14.9 Å². The Morgan fingerprint density at radius 1 is 1.00 bits per heavy atom. The molecule has 0 saturated carbocycles. The fourth-order valence-corrected chi connectivity index (χ4v) is 2.78. The Bertz CT molecular complexity index is 874. The van der Waals surface area contributed by atoms with Crippen LogP contribution in [-0.4, -0.2) is 37.2 Å². The molecular formula is C22H27N3O3S. The molecule has 6 nitrogen and oxygen atoms in total. The average molecular weight is 414 g/mol. The van der Waals surface area contributed by atoms with E-state index in [0.717, 1.165) is 5.56 Å². The molecule has 0 aliphatic rings. The van der Waals surface area contributed by atoms with Crippen LogP contribution in [0.2, 0.25) is 0 Å². The predicted octanol–water partition coefficient (Wildman–Crippen LogP) is 3.49. The zero-order valence-electron chi connectivity index (χ0n) is 17.2. The van der Waals surface area contributed by atoms with Crippen LogP contribution in [-0.2, 0) is 10.2 Å². The first-order chi connectivity index (χ1) is 13.7. The van der Waals surface area contributed by atoms with Crippen LogP contribution in [0.3, 0.4) is 0 Å². The van der Waals surface area contributed by atoms with Crippen LogP contribution >= 0.6 is 12.2 Å². The first-order valence-corrected chi connectivity index (χ1v) is 9.71. The zero-order chi connectivity index (χ0) is 21.4. The highest BCUT2D eigenvalue weighted by Gasteiger charge is 2.15. The van der Waals surface area contributed by atoms with E-state index < -0.39 is 0 Å². The molecule has 2 rings (SSSR count). The van der Waals surface area contributed by atoms with Gasteiger partial charge < -0.3 is 15.4 Å². The topological polar surface area (TPSA) is 79.5 Å². The minimum absolute atomic E-state index is 0.0206. The number of rotatable bonds is 6. The summed E-state index contributed by atoms with van der Waals surface area (Å²) in [7, 11) is 1.57. The van der Waals surface area contributed by atoms with E-state index in [1.54, 1.807) is 43.5 Å². The number of carbonyl (C=O) groups is 2. The van der Waals surface area contributed by atoms with Crippen molar-refractivity contribution in [1.29, 1.82) is 0 Å².